The number of anilines is 1. The Bertz CT molecular complexity index is 459. The van der Waals surface area contributed by atoms with Gasteiger partial charge in [0.2, 0.25) is 0 Å². The molecule has 15 heavy (non-hydrogen) atoms. The number of nitrogens with two attached hydrogens (primary N) is 1. The van der Waals surface area contributed by atoms with Crippen LogP contribution in [0.4, 0.5) is 5.82 Å². The van der Waals surface area contributed by atoms with Gasteiger partial charge in [-0.15, -0.1) is 0 Å². The van der Waals surface area contributed by atoms with E-state index in [2.05, 4.69) is 24.0 Å². The minimum atomic E-state index is 0.733. The van der Waals surface area contributed by atoms with E-state index in [4.69, 9.17) is 5.73 Å². The van der Waals surface area contributed by atoms with Crippen LogP contribution in [0.5, 0.6) is 0 Å². The predicted octanol–water partition coefficient (Wildman–Crippen LogP) is 1.02. The molecule has 80 valence electrons. The molecule has 0 fully saturated rings. The molecule has 0 atom stereocenters. The number of nitrogens with zero attached hydrogens (tertiary/aromatic N) is 3. The quantitative estimate of drug-likeness (QED) is 0.812. The molecular weight excluding hydrogens is 188 g/mol. The SMILES string of the molecule is CN(C)CCc1cn2c(N)cccc2n1. The first-order valence-corrected chi connectivity index (χ1v) is 5.04. The van der Waals surface area contributed by atoms with Gasteiger partial charge in [0.05, 0.1) is 5.69 Å². The van der Waals surface area contributed by atoms with Gasteiger partial charge >= 0.3 is 0 Å². The summed E-state index contributed by atoms with van der Waals surface area (Å²) >= 11 is 0. The number of hydrogen-bond acceptors (Lipinski definition) is 3. The summed E-state index contributed by atoms with van der Waals surface area (Å²) in [5, 5.41) is 0. The minimum absolute atomic E-state index is 0.733. The second kappa shape index (κ2) is 3.90. The van der Waals surface area contributed by atoms with Crippen molar-refractivity contribution in [2.45, 2.75) is 6.42 Å². The second-order valence-corrected chi connectivity index (χ2v) is 3.96. The Morgan fingerprint density at radius 3 is 2.87 bits per heavy atom. The molecule has 0 aliphatic heterocycles. The van der Waals surface area contributed by atoms with E-state index in [-0.39, 0.29) is 0 Å². The fourth-order valence-electron chi connectivity index (χ4n) is 1.54. The predicted molar refractivity (Wildman–Crippen MR) is 61.9 cm³/mol. The van der Waals surface area contributed by atoms with Crippen LogP contribution in [0.2, 0.25) is 0 Å². The Kier molecular flexibility index (Phi) is 2.60. The molecule has 0 amide bonds. The molecule has 0 radical (unpaired) electrons. The van der Waals surface area contributed by atoms with Gasteiger partial charge in [0.1, 0.15) is 11.5 Å². The molecule has 2 rings (SSSR count). The Labute approximate surface area is 89.3 Å². The molecule has 4 nitrogen and oxygen atoms in total. The van der Waals surface area contributed by atoms with Crippen molar-refractivity contribution >= 4 is 11.5 Å². The van der Waals surface area contributed by atoms with Crippen LogP contribution in [0.25, 0.3) is 5.65 Å². The van der Waals surface area contributed by atoms with Crippen LogP contribution in [0.15, 0.2) is 24.4 Å². The molecule has 0 saturated carbocycles. The number of imidazole rings is 1. The number of rotatable bonds is 3. The third-order valence-electron chi connectivity index (χ3n) is 2.39. The summed E-state index contributed by atoms with van der Waals surface area (Å²) in [6.45, 7) is 1.00. The summed E-state index contributed by atoms with van der Waals surface area (Å²) in [4.78, 5) is 6.65. The van der Waals surface area contributed by atoms with Crippen LogP contribution in [0.3, 0.4) is 0 Å². The maximum absolute atomic E-state index is 5.84. The highest BCUT2D eigenvalue weighted by molar-refractivity contribution is 5.48. The number of pyridine rings is 1. The van der Waals surface area contributed by atoms with Crippen molar-refractivity contribution in [3.63, 3.8) is 0 Å². The van der Waals surface area contributed by atoms with Crippen molar-refractivity contribution in [1.82, 2.24) is 14.3 Å². The largest absolute Gasteiger partial charge is 0.385 e. The molecule has 0 spiro atoms. The normalized spacial score (nSPS) is 11.4. The van der Waals surface area contributed by atoms with Crippen LogP contribution in [0, 0.1) is 0 Å². The molecule has 2 aromatic heterocycles. The topological polar surface area (TPSA) is 46.6 Å². The fraction of sp³-hybridized carbons (Fsp3) is 0.364. The van der Waals surface area contributed by atoms with Gasteiger partial charge < -0.3 is 10.6 Å². The zero-order chi connectivity index (χ0) is 10.8. The second-order valence-electron chi connectivity index (χ2n) is 3.96. The Morgan fingerprint density at radius 2 is 2.20 bits per heavy atom. The maximum atomic E-state index is 5.84. The molecule has 4 heteroatoms. The monoisotopic (exact) mass is 204 g/mol. The van der Waals surface area contributed by atoms with Crippen LogP contribution >= 0.6 is 0 Å². The molecule has 2 aromatic rings. The van der Waals surface area contributed by atoms with Gasteiger partial charge in [-0.3, -0.25) is 4.40 Å². The van der Waals surface area contributed by atoms with E-state index >= 15 is 0 Å². The van der Waals surface area contributed by atoms with Crippen LogP contribution in [-0.2, 0) is 6.42 Å². The Balaban J connectivity index is 2.27. The molecule has 0 unspecified atom stereocenters. The number of nitrogen functional groups attached to an aromatic ring is 1. The van der Waals surface area contributed by atoms with Gasteiger partial charge in [-0.05, 0) is 26.2 Å². The number of aromatic nitrogens is 2. The highest BCUT2D eigenvalue weighted by Crippen LogP contribution is 2.10. The van der Waals surface area contributed by atoms with Crippen molar-refractivity contribution in [1.29, 1.82) is 0 Å². The molecule has 2 N–H and O–H groups in total. The zero-order valence-electron chi connectivity index (χ0n) is 9.14. The van der Waals surface area contributed by atoms with Gasteiger partial charge in [-0.1, -0.05) is 6.07 Å². The van der Waals surface area contributed by atoms with Gasteiger partial charge in [-0.25, -0.2) is 4.98 Å². The molecule has 0 aliphatic rings. The van der Waals surface area contributed by atoms with Gasteiger partial charge in [0.15, 0.2) is 0 Å². The van der Waals surface area contributed by atoms with Crippen LogP contribution in [0.1, 0.15) is 5.69 Å². The third-order valence-corrected chi connectivity index (χ3v) is 2.39. The van der Waals surface area contributed by atoms with E-state index < -0.39 is 0 Å². The van der Waals surface area contributed by atoms with E-state index in [1.165, 1.54) is 0 Å². The molecule has 0 saturated heterocycles. The molecule has 2 heterocycles. The number of hydrogen-bond donors (Lipinski definition) is 1. The minimum Gasteiger partial charge on any atom is -0.385 e. The summed E-state index contributed by atoms with van der Waals surface area (Å²) in [5.74, 6) is 0.733. The summed E-state index contributed by atoms with van der Waals surface area (Å²) < 4.78 is 1.92. The van der Waals surface area contributed by atoms with Crippen molar-refractivity contribution in [2.75, 3.05) is 26.4 Å². The van der Waals surface area contributed by atoms with Gasteiger partial charge in [0.25, 0.3) is 0 Å². The average molecular weight is 204 g/mol. The smallest absolute Gasteiger partial charge is 0.138 e. The van der Waals surface area contributed by atoms with Crippen molar-refractivity contribution < 1.29 is 0 Å². The van der Waals surface area contributed by atoms with Crippen molar-refractivity contribution in [3.8, 4) is 0 Å². The molecule has 0 aliphatic carbocycles. The highest BCUT2D eigenvalue weighted by Gasteiger charge is 2.03. The van der Waals surface area contributed by atoms with Crippen LogP contribution < -0.4 is 5.73 Å². The van der Waals surface area contributed by atoms with E-state index in [9.17, 15) is 0 Å². The lowest BCUT2D eigenvalue weighted by Gasteiger charge is -2.06. The standard InChI is InChI=1S/C11H16N4/c1-14(2)7-6-9-8-15-10(12)4-3-5-11(15)13-9/h3-5,8H,6-7,12H2,1-2H3. The molecule has 0 bridgehead atoms. The average Bonchev–Trinajstić information content (AvgIpc) is 2.59. The van der Waals surface area contributed by atoms with Gasteiger partial charge in [0, 0.05) is 19.2 Å². The maximum Gasteiger partial charge on any atom is 0.138 e. The fourth-order valence-corrected chi connectivity index (χ4v) is 1.54. The summed E-state index contributed by atoms with van der Waals surface area (Å²) in [6, 6.07) is 5.77. The first kappa shape index (κ1) is 9.98. The first-order chi connectivity index (χ1) is 7.16. The number of fused-ring (bicyclic) bond motifs is 1. The summed E-state index contributed by atoms with van der Waals surface area (Å²) in [6.07, 6.45) is 2.96. The van der Waals surface area contributed by atoms with E-state index in [1.54, 1.807) is 0 Å². The van der Waals surface area contributed by atoms with Gasteiger partial charge in [-0.2, -0.15) is 0 Å². The zero-order valence-corrected chi connectivity index (χ0v) is 9.14. The molecular formula is C11H16N4. The highest BCUT2D eigenvalue weighted by atomic mass is 15.1. The van der Waals surface area contributed by atoms with E-state index in [0.717, 1.165) is 30.1 Å². The molecule has 0 aromatic carbocycles. The first-order valence-electron chi connectivity index (χ1n) is 5.04. The van der Waals surface area contributed by atoms with Crippen molar-refractivity contribution in [2.24, 2.45) is 0 Å². The Morgan fingerprint density at radius 1 is 1.40 bits per heavy atom. The lowest BCUT2D eigenvalue weighted by atomic mass is 10.3. The lowest BCUT2D eigenvalue weighted by molar-refractivity contribution is 0.412. The third kappa shape index (κ3) is 2.10. The number of likely N-dealkylation sites (N-methyl/N-ethyl adjacent to an activating group) is 1. The van der Waals surface area contributed by atoms with Crippen LogP contribution in [-0.4, -0.2) is 34.9 Å². The van der Waals surface area contributed by atoms with E-state index in [1.807, 2.05) is 28.8 Å². The Hall–Kier alpha value is -1.55. The lowest BCUT2D eigenvalue weighted by Crippen LogP contribution is -2.15. The van der Waals surface area contributed by atoms with E-state index in [0.29, 0.717) is 0 Å². The summed E-state index contributed by atoms with van der Waals surface area (Å²) in [7, 11) is 4.12. The van der Waals surface area contributed by atoms with Crippen molar-refractivity contribution in [3.05, 3.63) is 30.1 Å². The summed E-state index contributed by atoms with van der Waals surface area (Å²) in [5.41, 5.74) is 7.84.